The second kappa shape index (κ2) is 5.59. The third-order valence-corrected chi connectivity index (χ3v) is 7.51. The van der Waals surface area contributed by atoms with Crippen LogP contribution in [0.3, 0.4) is 0 Å². The molecule has 0 aromatic heterocycles. The molecule has 1 aliphatic rings. The lowest BCUT2D eigenvalue weighted by molar-refractivity contribution is 0.589. The highest BCUT2D eigenvalue weighted by Gasteiger charge is 2.33. The highest BCUT2D eigenvalue weighted by molar-refractivity contribution is 6.59. The van der Waals surface area contributed by atoms with Crippen LogP contribution in [-0.2, 0) is 10.8 Å². The minimum Gasteiger partial charge on any atom is -0.0714 e. The average molecular weight is 337 g/mol. The van der Waals surface area contributed by atoms with Crippen molar-refractivity contribution in [2.24, 2.45) is 0 Å². The van der Waals surface area contributed by atoms with Crippen LogP contribution < -0.4 is 0 Å². The van der Waals surface area contributed by atoms with Crippen molar-refractivity contribution in [3.8, 4) is 11.1 Å². The molecule has 0 aliphatic heterocycles. The summed E-state index contributed by atoms with van der Waals surface area (Å²) in [7, 11) is -0.846. The van der Waals surface area contributed by atoms with Gasteiger partial charge in [0.05, 0.1) is 0 Å². The molecule has 128 valence electrons. The van der Waals surface area contributed by atoms with Crippen LogP contribution in [-0.4, -0.2) is 8.80 Å². The van der Waals surface area contributed by atoms with Gasteiger partial charge in [-0.2, -0.15) is 0 Å². The quantitative estimate of drug-likeness (QED) is 0.527. The predicted octanol–water partition coefficient (Wildman–Crippen LogP) is 6.42. The molecule has 0 fully saturated rings. The lowest BCUT2D eigenvalue weighted by Gasteiger charge is -2.24. The van der Waals surface area contributed by atoms with E-state index in [1.165, 1.54) is 22.3 Å². The Bertz CT molecular complexity index is 706. The fourth-order valence-electron chi connectivity index (χ4n) is 3.95. The molecule has 0 saturated heterocycles. The van der Waals surface area contributed by atoms with E-state index in [9.17, 15) is 0 Å². The molecule has 1 aliphatic carbocycles. The van der Waals surface area contributed by atoms with Crippen LogP contribution in [0.2, 0.25) is 13.1 Å². The average Bonchev–Trinajstić information content (AvgIpc) is 2.78. The highest BCUT2D eigenvalue weighted by atomic mass is 28.3. The maximum absolute atomic E-state index is 2.50. The van der Waals surface area contributed by atoms with Gasteiger partial charge in [0.15, 0.2) is 0 Å². The van der Waals surface area contributed by atoms with E-state index >= 15 is 0 Å². The fraction of sp³-hybridized carbons (Fsp3) is 0.478. The predicted molar refractivity (Wildman–Crippen MR) is 110 cm³/mol. The largest absolute Gasteiger partial charge is 0.0714 e. The molecule has 0 radical (unpaired) electrons. The first-order valence-electron chi connectivity index (χ1n) is 9.29. The first kappa shape index (κ1) is 17.5. The standard InChI is InChI=1S/C23H32Si/c1-22(2,3)15-9-11-17-18-12-10-16(23(4,5)6)14-20(18)21(24(7)8)19(17)13-15/h9-14,21,24H,1-8H3. The highest BCUT2D eigenvalue weighted by Crippen LogP contribution is 2.48. The molecule has 2 aromatic carbocycles. The summed E-state index contributed by atoms with van der Waals surface area (Å²) in [5.41, 5.74) is 10.1. The second-order valence-corrected chi connectivity index (χ2v) is 13.0. The molecule has 0 atom stereocenters. The summed E-state index contributed by atoms with van der Waals surface area (Å²) < 4.78 is 0. The Morgan fingerprint density at radius 1 is 0.667 bits per heavy atom. The van der Waals surface area contributed by atoms with Crippen molar-refractivity contribution in [1.82, 2.24) is 0 Å². The molecule has 0 N–H and O–H groups in total. The number of fused-ring (bicyclic) bond motifs is 3. The Labute approximate surface area is 149 Å². The Morgan fingerprint density at radius 3 is 1.33 bits per heavy atom. The summed E-state index contributed by atoms with van der Waals surface area (Å²) in [6.45, 7) is 18.9. The lowest BCUT2D eigenvalue weighted by Crippen LogP contribution is -2.18. The van der Waals surface area contributed by atoms with Gasteiger partial charge in [-0.15, -0.1) is 0 Å². The van der Waals surface area contributed by atoms with Crippen molar-refractivity contribution in [2.75, 3.05) is 0 Å². The molecule has 0 spiro atoms. The molecule has 0 amide bonds. The van der Waals surface area contributed by atoms with Gasteiger partial charge < -0.3 is 0 Å². The van der Waals surface area contributed by atoms with Gasteiger partial charge in [0.1, 0.15) is 0 Å². The molecular weight excluding hydrogens is 304 g/mol. The maximum atomic E-state index is 2.50. The zero-order chi connectivity index (χ0) is 17.9. The second-order valence-electron chi connectivity index (χ2n) is 9.83. The summed E-state index contributed by atoms with van der Waals surface area (Å²) in [5.74, 6) is 0. The van der Waals surface area contributed by atoms with Gasteiger partial charge in [-0.1, -0.05) is 91.0 Å². The van der Waals surface area contributed by atoms with Crippen LogP contribution in [0, 0.1) is 0 Å². The minimum atomic E-state index is -0.846. The topological polar surface area (TPSA) is 0 Å². The van der Waals surface area contributed by atoms with Crippen molar-refractivity contribution >= 4 is 8.80 Å². The van der Waals surface area contributed by atoms with Crippen LogP contribution in [0.5, 0.6) is 0 Å². The molecule has 0 nitrogen and oxygen atoms in total. The van der Waals surface area contributed by atoms with E-state index in [1.54, 1.807) is 11.1 Å². The van der Waals surface area contributed by atoms with E-state index in [-0.39, 0.29) is 10.8 Å². The zero-order valence-electron chi connectivity index (χ0n) is 16.6. The number of rotatable bonds is 1. The first-order valence-corrected chi connectivity index (χ1v) is 12.3. The van der Waals surface area contributed by atoms with Gasteiger partial charge >= 0.3 is 0 Å². The molecule has 1 heteroatoms. The smallest absolute Gasteiger partial charge is 0.0444 e. The minimum absolute atomic E-state index is 0.212. The van der Waals surface area contributed by atoms with Crippen LogP contribution in [0.1, 0.15) is 69.3 Å². The summed E-state index contributed by atoms with van der Waals surface area (Å²) in [4.78, 5) is 0. The van der Waals surface area contributed by atoms with Crippen LogP contribution in [0.25, 0.3) is 11.1 Å². The van der Waals surface area contributed by atoms with Gasteiger partial charge in [0.25, 0.3) is 0 Å². The van der Waals surface area contributed by atoms with E-state index in [4.69, 9.17) is 0 Å². The Hall–Kier alpha value is -1.34. The molecule has 0 unspecified atom stereocenters. The monoisotopic (exact) mass is 336 g/mol. The molecule has 0 heterocycles. The number of hydrogen-bond donors (Lipinski definition) is 0. The lowest BCUT2D eigenvalue weighted by atomic mass is 9.85. The Balaban J connectivity index is 2.21. The molecular formula is C23H32Si. The molecule has 3 rings (SSSR count). The SMILES string of the molecule is C[SiH](C)C1c2cc(C(C)(C)C)ccc2-c2ccc(C(C)(C)C)cc21. The van der Waals surface area contributed by atoms with Crippen molar-refractivity contribution in [3.05, 3.63) is 58.7 Å². The molecule has 0 saturated carbocycles. The summed E-state index contributed by atoms with van der Waals surface area (Å²) in [6, 6.07) is 14.4. The summed E-state index contributed by atoms with van der Waals surface area (Å²) >= 11 is 0. The van der Waals surface area contributed by atoms with Gasteiger partial charge in [-0.05, 0) is 44.2 Å². The van der Waals surface area contributed by atoms with Crippen molar-refractivity contribution in [1.29, 1.82) is 0 Å². The Kier molecular flexibility index (Phi) is 4.07. The van der Waals surface area contributed by atoms with Crippen molar-refractivity contribution in [2.45, 2.75) is 71.0 Å². The van der Waals surface area contributed by atoms with Crippen molar-refractivity contribution < 1.29 is 0 Å². The number of benzene rings is 2. The van der Waals surface area contributed by atoms with Gasteiger partial charge in [-0.3, -0.25) is 0 Å². The normalized spacial score (nSPS) is 14.9. The van der Waals surface area contributed by atoms with E-state index in [2.05, 4.69) is 91.0 Å². The molecule has 0 bridgehead atoms. The van der Waals surface area contributed by atoms with E-state index < -0.39 is 8.80 Å². The third kappa shape index (κ3) is 2.88. The van der Waals surface area contributed by atoms with Crippen molar-refractivity contribution in [3.63, 3.8) is 0 Å². The van der Waals surface area contributed by atoms with Crippen LogP contribution in [0.4, 0.5) is 0 Å². The maximum Gasteiger partial charge on any atom is 0.0444 e. The van der Waals surface area contributed by atoms with Gasteiger partial charge in [0.2, 0.25) is 0 Å². The third-order valence-electron chi connectivity index (χ3n) is 5.46. The fourth-order valence-corrected chi connectivity index (χ4v) is 5.94. The summed E-state index contributed by atoms with van der Waals surface area (Å²) in [5, 5.41) is 0. The van der Waals surface area contributed by atoms with E-state index in [0.29, 0.717) is 5.54 Å². The summed E-state index contributed by atoms with van der Waals surface area (Å²) in [6.07, 6.45) is 0. The molecule has 24 heavy (non-hydrogen) atoms. The Morgan fingerprint density at radius 2 is 1.04 bits per heavy atom. The van der Waals surface area contributed by atoms with Crippen LogP contribution >= 0.6 is 0 Å². The van der Waals surface area contributed by atoms with E-state index in [0.717, 1.165) is 0 Å². The van der Waals surface area contributed by atoms with Gasteiger partial charge in [0, 0.05) is 14.3 Å². The van der Waals surface area contributed by atoms with E-state index in [1.807, 2.05) is 0 Å². The first-order chi connectivity index (χ1) is 11.0. The molecule has 2 aromatic rings. The van der Waals surface area contributed by atoms with Crippen LogP contribution in [0.15, 0.2) is 36.4 Å². The number of hydrogen-bond acceptors (Lipinski definition) is 0. The zero-order valence-corrected chi connectivity index (χ0v) is 17.8. The van der Waals surface area contributed by atoms with Gasteiger partial charge in [-0.25, -0.2) is 0 Å².